The molecule has 2 aromatic rings. The Hall–Kier alpha value is -2.51. The molecule has 1 fully saturated rings. The highest BCUT2D eigenvalue weighted by Crippen LogP contribution is 2.34. The van der Waals surface area contributed by atoms with E-state index < -0.39 is 0 Å². The van der Waals surface area contributed by atoms with Crippen LogP contribution in [0.15, 0.2) is 16.9 Å². The van der Waals surface area contributed by atoms with Crippen LogP contribution in [0.3, 0.4) is 0 Å². The first kappa shape index (κ1) is 27.5. The maximum absolute atomic E-state index is 13.4. The highest BCUT2D eigenvalue weighted by Gasteiger charge is 2.28. The number of pyridine rings is 1. The summed E-state index contributed by atoms with van der Waals surface area (Å²) in [5.41, 5.74) is 4.67. The monoisotopic (exact) mass is 528 g/mol. The fourth-order valence-electron chi connectivity index (χ4n) is 6.10. The third-order valence-corrected chi connectivity index (χ3v) is 8.48. The van der Waals surface area contributed by atoms with Crippen LogP contribution in [0.25, 0.3) is 0 Å². The Morgan fingerprint density at radius 2 is 1.81 bits per heavy atom. The van der Waals surface area contributed by atoms with Crippen LogP contribution in [0.2, 0.25) is 5.02 Å². The van der Waals surface area contributed by atoms with Gasteiger partial charge in [-0.1, -0.05) is 11.6 Å². The predicted molar refractivity (Wildman–Crippen MR) is 150 cm³/mol. The molecule has 0 aliphatic heterocycles. The number of aromatic nitrogens is 1. The van der Waals surface area contributed by atoms with Crippen molar-refractivity contribution in [3.63, 3.8) is 0 Å². The van der Waals surface area contributed by atoms with Gasteiger partial charge < -0.3 is 24.8 Å². The van der Waals surface area contributed by atoms with E-state index in [0.717, 1.165) is 80.4 Å². The van der Waals surface area contributed by atoms with E-state index in [2.05, 4.69) is 41.1 Å². The average Bonchev–Trinajstić information content (AvgIpc) is 2.90. The van der Waals surface area contributed by atoms with Gasteiger partial charge in [0.15, 0.2) is 11.3 Å². The first-order valence-electron chi connectivity index (χ1n) is 13.6. The molecule has 2 aliphatic rings. The molecule has 0 bridgehead atoms. The molecular weight excluding hydrogens is 488 g/mol. The van der Waals surface area contributed by atoms with Crippen LogP contribution in [0.5, 0.6) is 5.88 Å². The summed E-state index contributed by atoms with van der Waals surface area (Å²) >= 11 is 6.55. The third-order valence-electron chi connectivity index (χ3n) is 8.26. The number of nitrogens with zero attached hydrogens (tertiary/aromatic N) is 2. The van der Waals surface area contributed by atoms with E-state index in [0.29, 0.717) is 34.1 Å². The van der Waals surface area contributed by atoms with E-state index in [-0.39, 0.29) is 17.9 Å². The third kappa shape index (κ3) is 5.83. The second kappa shape index (κ2) is 11.9. The number of fused-ring (bicyclic) bond motifs is 1. The molecule has 1 saturated carbocycles. The van der Waals surface area contributed by atoms with Gasteiger partial charge >= 0.3 is 0 Å². The summed E-state index contributed by atoms with van der Waals surface area (Å²) in [7, 11) is 5.86. The van der Waals surface area contributed by atoms with Gasteiger partial charge in [-0.2, -0.15) is 0 Å². The first-order chi connectivity index (χ1) is 17.7. The number of aromatic amines is 1. The fraction of sp³-hybridized carbons (Fsp3) is 0.586. The molecule has 2 aliphatic carbocycles. The average molecular weight is 529 g/mol. The molecule has 1 aromatic heterocycles. The molecular formula is C29H41ClN4O3. The topological polar surface area (TPSA) is 77.7 Å². The summed E-state index contributed by atoms with van der Waals surface area (Å²) in [6, 6.07) is 4.75. The Morgan fingerprint density at radius 1 is 1.14 bits per heavy atom. The molecule has 202 valence electrons. The zero-order valence-electron chi connectivity index (χ0n) is 22.9. The summed E-state index contributed by atoms with van der Waals surface area (Å²) in [4.78, 5) is 34.6. The fourth-order valence-corrected chi connectivity index (χ4v) is 6.31. The molecule has 2 N–H and O–H groups in total. The van der Waals surface area contributed by atoms with E-state index in [1.807, 2.05) is 13.0 Å². The molecule has 4 rings (SSSR count). The van der Waals surface area contributed by atoms with E-state index in [9.17, 15) is 9.59 Å². The van der Waals surface area contributed by atoms with Crippen molar-refractivity contribution >= 4 is 23.2 Å². The Morgan fingerprint density at radius 3 is 2.46 bits per heavy atom. The molecule has 0 atom stereocenters. The minimum atomic E-state index is -0.243. The zero-order valence-corrected chi connectivity index (χ0v) is 23.6. The number of anilines is 1. The lowest BCUT2D eigenvalue weighted by Gasteiger charge is -2.40. The largest absolute Gasteiger partial charge is 0.482 e. The Bertz CT molecular complexity index is 1180. The lowest BCUT2D eigenvalue weighted by Crippen LogP contribution is -2.42. The molecule has 0 spiro atoms. The molecule has 1 aromatic carbocycles. The predicted octanol–water partition coefficient (Wildman–Crippen LogP) is 4.85. The summed E-state index contributed by atoms with van der Waals surface area (Å²) in [5.74, 6) is 0.188. The van der Waals surface area contributed by atoms with E-state index in [1.54, 1.807) is 13.2 Å². The van der Waals surface area contributed by atoms with Gasteiger partial charge in [-0.15, -0.1) is 0 Å². The highest BCUT2D eigenvalue weighted by atomic mass is 35.5. The number of aryl methyl sites for hydroxylation is 1. The molecule has 8 heteroatoms. The number of nitrogens with one attached hydrogen (secondary N) is 2. The molecule has 7 nitrogen and oxygen atoms in total. The standard InChI is InChI=1S/C29H41ClN4O3/c1-6-34(21-13-11-20(12-14-21)33(3)4)26-16-19(30)15-23(18(26)2)28(36)31-17-24-27(35)22-9-7-8-10-25(22)32-29(24)37-5/h15-16,20-21H,6-14,17H2,1-5H3,(H,31,36)(H,32,35). The Kier molecular flexibility index (Phi) is 8.86. The summed E-state index contributed by atoms with van der Waals surface area (Å²) in [5, 5.41) is 3.50. The number of hydrogen-bond acceptors (Lipinski definition) is 5. The number of rotatable bonds is 8. The number of carbonyl (C=O) groups is 1. The van der Waals surface area contributed by atoms with Gasteiger partial charge in [0.05, 0.1) is 19.2 Å². The molecule has 1 amide bonds. The maximum atomic E-state index is 13.4. The van der Waals surface area contributed by atoms with Crippen molar-refractivity contribution < 1.29 is 9.53 Å². The number of H-pyrrole nitrogens is 1. The molecule has 0 saturated heterocycles. The number of amides is 1. The quantitative estimate of drug-likeness (QED) is 0.512. The van der Waals surface area contributed by atoms with Crippen molar-refractivity contribution in [1.29, 1.82) is 0 Å². The van der Waals surface area contributed by atoms with Gasteiger partial charge in [0.1, 0.15) is 0 Å². The minimum Gasteiger partial charge on any atom is -0.482 e. The molecule has 0 radical (unpaired) electrons. The second-order valence-corrected chi connectivity index (χ2v) is 11.1. The van der Waals surface area contributed by atoms with Crippen molar-refractivity contribution in [3.05, 3.63) is 55.3 Å². The van der Waals surface area contributed by atoms with Gasteiger partial charge in [0, 0.05) is 46.2 Å². The lowest BCUT2D eigenvalue weighted by atomic mass is 9.89. The van der Waals surface area contributed by atoms with Crippen LogP contribution in [-0.4, -0.2) is 55.6 Å². The lowest BCUT2D eigenvalue weighted by molar-refractivity contribution is 0.0950. The highest BCUT2D eigenvalue weighted by molar-refractivity contribution is 6.31. The van der Waals surface area contributed by atoms with Gasteiger partial charge in [-0.3, -0.25) is 9.59 Å². The first-order valence-corrected chi connectivity index (χ1v) is 13.9. The molecule has 1 heterocycles. The normalized spacial score (nSPS) is 19.4. The zero-order chi connectivity index (χ0) is 26.7. The summed E-state index contributed by atoms with van der Waals surface area (Å²) < 4.78 is 5.49. The van der Waals surface area contributed by atoms with Crippen LogP contribution in [0.4, 0.5) is 5.69 Å². The van der Waals surface area contributed by atoms with E-state index >= 15 is 0 Å². The molecule has 37 heavy (non-hydrogen) atoms. The van der Waals surface area contributed by atoms with E-state index in [1.165, 1.54) is 0 Å². The van der Waals surface area contributed by atoms with Crippen molar-refractivity contribution in [2.24, 2.45) is 0 Å². The number of halogens is 1. The Balaban J connectivity index is 1.55. The maximum Gasteiger partial charge on any atom is 0.251 e. The summed E-state index contributed by atoms with van der Waals surface area (Å²) in [6.45, 7) is 5.09. The number of hydrogen-bond donors (Lipinski definition) is 2. The van der Waals surface area contributed by atoms with Crippen molar-refractivity contribution in [3.8, 4) is 5.88 Å². The SMILES string of the molecule is CCN(c1cc(Cl)cc(C(=O)NCc2c(OC)[nH]c3c(c2=O)CCCC3)c1C)C1CCC(N(C)C)CC1. The van der Waals surface area contributed by atoms with Crippen LogP contribution in [-0.2, 0) is 19.4 Å². The molecule has 0 unspecified atom stereocenters. The van der Waals surface area contributed by atoms with Crippen LogP contribution >= 0.6 is 11.6 Å². The number of carbonyl (C=O) groups excluding carboxylic acids is 1. The summed E-state index contributed by atoms with van der Waals surface area (Å²) in [6.07, 6.45) is 8.24. The minimum absolute atomic E-state index is 0.0282. The van der Waals surface area contributed by atoms with Crippen molar-refractivity contribution in [2.75, 3.05) is 32.6 Å². The smallest absolute Gasteiger partial charge is 0.251 e. The van der Waals surface area contributed by atoms with Crippen molar-refractivity contribution in [2.45, 2.75) is 83.8 Å². The Labute approximate surface area is 225 Å². The number of methoxy groups -OCH3 is 1. The second-order valence-electron chi connectivity index (χ2n) is 10.6. The van der Waals surface area contributed by atoms with Crippen molar-refractivity contribution in [1.82, 2.24) is 15.2 Å². The van der Waals surface area contributed by atoms with Crippen LogP contribution in [0, 0.1) is 6.92 Å². The van der Waals surface area contributed by atoms with Gasteiger partial charge in [-0.05, 0) is 97.0 Å². The van der Waals surface area contributed by atoms with Crippen LogP contribution in [0.1, 0.15) is 78.2 Å². The van der Waals surface area contributed by atoms with Gasteiger partial charge in [0.25, 0.3) is 5.91 Å². The number of ether oxygens (including phenoxy) is 1. The van der Waals surface area contributed by atoms with Gasteiger partial charge in [-0.25, -0.2) is 0 Å². The number of benzene rings is 1. The van der Waals surface area contributed by atoms with E-state index in [4.69, 9.17) is 16.3 Å². The van der Waals surface area contributed by atoms with Crippen LogP contribution < -0.4 is 20.4 Å². The van der Waals surface area contributed by atoms with Gasteiger partial charge in [0.2, 0.25) is 0 Å².